The lowest BCUT2D eigenvalue weighted by Gasteiger charge is -2.09. The highest BCUT2D eigenvalue weighted by molar-refractivity contribution is 5.69. The van der Waals surface area contributed by atoms with E-state index in [1.807, 2.05) is 0 Å². The Morgan fingerprint density at radius 3 is 1.11 bits per heavy atom. The molecule has 0 aliphatic carbocycles. The summed E-state index contributed by atoms with van der Waals surface area (Å²) in [7, 11) is 0. The van der Waals surface area contributed by atoms with Crippen LogP contribution >= 0.6 is 0 Å². The molecule has 0 aliphatic rings. The zero-order valence-electron chi connectivity index (χ0n) is 39.5. The van der Waals surface area contributed by atoms with E-state index in [1.165, 1.54) is 95.6 Å². The average molecular weight is 934 g/mol. The topological polar surface area (TPSA) is 217 Å². The highest BCUT2D eigenvalue weighted by Gasteiger charge is 2.19. The molecule has 0 aromatic heterocycles. The van der Waals surface area contributed by atoms with Crippen LogP contribution in [-0.2, 0) is 56.9 Å². The van der Waals surface area contributed by atoms with E-state index in [-0.39, 0.29) is 42.8 Å². The number of non-ortho nitro benzene ring substituents is 1. The van der Waals surface area contributed by atoms with E-state index >= 15 is 0 Å². The molecule has 0 heterocycles. The highest BCUT2D eigenvalue weighted by Crippen LogP contribution is 2.28. The molecule has 1 aromatic rings. The Morgan fingerprint density at radius 1 is 0.446 bits per heavy atom. The number of nitro benzene ring substituents is 2. The second-order valence-electron chi connectivity index (χ2n) is 15.2. The fourth-order valence-corrected chi connectivity index (χ4v) is 6.20. The number of carbonyl (C=O) groups excluding carboxylic acids is 1. The zero-order valence-corrected chi connectivity index (χ0v) is 39.5. The number of hydrogen-bond donors (Lipinski definition) is 1. The maximum atomic E-state index is 11.9. The molecule has 19 heteroatoms. The van der Waals surface area contributed by atoms with Gasteiger partial charge in [0, 0.05) is 19.0 Å². The number of nitrogens with zero attached hydrogens (tertiary/aromatic N) is 2. The van der Waals surface area contributed by atoms with Crippen LogP contribution in [-0.4, -0.2) is 161 Å². The third-order valence-corrected chi connectivity index (χ3v) is 9.77. The molecule has 0 amide bonds. The maximum absolute atomic E-state index is 11.9. The number of benzene rings is 1. The van der Waals surface area contributed by atoms with Gasteiger partial charge in [0.05, 0.1) is 148 Å². The first kappa shape index (κ1) is 59.9. The van der Waals surface area contributed by atoms with Gasteiger partial charge in [0.15, 0.2) is 0 Å². The molecule has 65 heavy (non-hydrogen) atoms. The minimum Gasteiger partial charge on any atom is -0.463 e. The molecule has 378 valence electrons. The van der Waals surface area contributed by atoms with Crippen LogP contribution in [0.15, 0.2) is 18.2 Å². The van der Waals surface area contributed by atoms with Crippen LogP contribution < -0.4 is 5.32 Å². The van der Waals surface area contributed by atoms with Gasteiger partial charge in [-0.05, 0) is 12.5 Å². The summed E-state index contributed by atoms with van der Waals surface area (Å²) >= 11 is 0. The van der Waals surface area contributed by atoms with Crippen LogP contribution in [0.1, 0.15) is 110 Å². The number of esters is 1. The van der Waals surface area contributed by atoms with Crippen molar-refractivity contribution in [3.63, 3.8) is 0 Å². The molecule has 1 rings (SSSR count). The normalized spacial score (nSPS) is 11.3. The van der Waals surface area contributed by atoms with Crippen molar-refractivity contribution in [2.75, 3.05) is 151 Å². The molecule has 0 atom stereocenters. The van der Waals surface area contributed by atoms with Crippen molar-refractivity contribution in [2.45, 2.75) is 110 Å². The van der Waals surface area contributed by atoms with Gasteiger partial charge in [0.25, 0.3) is 11.4 Å². The standard InChI is InChI=1S/C46H83N3O16/c1-2-3-4-5-6-7-8-9-10-11-12-13-14-15-16-17-46(50)65-41-40-64-39-38-63-37-36-62-35-34-61-33-32-60-31-30-59-29-28-58-27-26-57-25-24-56-23-22-55-21-20-47-44-19-18-43(48(51)52)42-45(44)49(53)54/h18-19,42,47H,2-17,20-41H2,1H3. The van der Waals surface area contributed by atoms with Crippen LogP contribution in [0, 0.1) is 20.2 Å². The van der Waals surface area contributed by atoms with Gasteiger partial charge < -0.3 is 57.4 Å². The summed E-state index contributed by atoms with van der Waals surface area (Å²) < 4.78 is 60.0. The number of anilines is 1. The first-order valence-electron chi connectivity index (χ1n) is 24.1. The Labute approximate surface area is 387 Å². The predicted octanol–water partition coefficient (Wildman–Crippen LogP) is 7.89. The van der Waals surface area contributed by atoms with Crippen molar-refractivity contribution < 1.29 is 66.7 Å². The van der Waals surface area contributed by atoms with Crippen LogP contribution in [0.5, 0.6) is 0 Å². The molecule has 0 fully saturated rings. The van der Waals surface area contributed by atoms with Gasteiger partial charge in [-0.3, -0.25) is 25.0 Å². The Morgan fingerprint density at radius 2 is 0.769 bits per heavy atom. The van der Waals surface area contributed by atoms with Crippen molar-refractivity contribution in [1.82, 2.24) is 0 Å². The largest absolute Gasteiger partial charge is 0.463 e. The van der Waals surface area contributed by atoms with Gasteiger partial charge in [-0.15, -0.1) is 0 Å². The number of nitro groups is 2. The van der Waals surface area contributed by atoms with Crippen molar-refractivity contribution >= 4 is 23.0 Å². The Kier molecular flexibility index (Phi) is 43.7. The molecule has 0 spiro atoms. The van der Waals surface area contributed by atoms with E-state index in [0.29, 0.717) is 132 Å². The number of nitrogens with one attached hydrogen (secondary N) is 1. The SMILES string of the molecule is CCCCCCCCCCCCCCCCCC(=O)OCCOCCOCCOCCOCCOCCOCCOCCOCCOCCOCCNc1ccc([N+](=O)[O-])cc1[N+](=O)[O-]. The van der Waals surface area contributed by atoms with Crippen LogP contribution in [0.2, 0.25) is 0 Å². The summed E-state index contributed by atoms with van der Waals surface area (Å²) in [5.74, 6) is -0.143. The molecule has 0 radical (unpaired) electrons. The fraction of sp³-hybridized carbons (Fsp3) is 0.848. The molecule has 1 aromatic carbocycles. The molecule has 0 saturated carbocycles. The third-order valence-electron chi connectivity index (χ3n) is 9.77. The molecule has 1 N–H and O–H groups in total. The lowest BCUT2D eigenvalue weighted by molar-refractivity contribution is -0.393. The van der Waals surface area contributed by atoms with Crippen LogP contribution in [0.25, 0.3) is 0 Å². The molecule has 0 bridgehead atoms. The van der Waals surface area contributed by atoms with E-state index < -0.39 is 9.85 Å². The highest BCUT2D eigenvalue weighted by atomic mass is 16.6. The van der Waals surface area contributed by atoms with Gasteiger partial charge in [-0.1, -0.05) is 96.8 Å². The van der Waals surface area contributed by atoms with Crippen molar-refractivity contribution in [1.29, 1.82) is 0 Å². The fourth-order valence-electron chi connectivity index (χ4n) is 6.20. The van der Waals surface area contributed by atoms with Gasteiger partial charge in [0.2, 0.25) is 0 Å². The van der Waals surface area contributed by atoms with Crippen molar-refractivity contribution in [3.8, 4) is 0 Å². The van der Waals surface area contributed by atoms with Crippen LogP contribution in [0.4, 0.5) is 17.1 Å². The van der Waals surface area contributed by atoms with Gasteiger partial charge in [0.1, 0.15) is 12.3 Å². The van der Waals surface area contributed by atoms with E-state index in [9.17, 15) is 25.0 Å². The summed E-state index contributed by atoms with van der Waals surface area (Å²) in [5, 5.41) is 24.9. The monoisotopic (exact) mass is 934 g/mol. The molecule has 0 aliphatic heterocycles. The van der Waals surface area contributed by atoms with E-state index in [4.69, 9.17) is 52.1 Å². The molecule has 19 nitrogen and oxygen atoms in total. The van der Waals surface area contributed by atoms with Gasteiger partial charge >= 0.3 is 5.97 Å². The predicted molar refractivity (Wildman–Crippen MR) is 247 cm³/mol. The average Bonchev–Trinajstić information content (AvgIpc) is 3.30. The maximum Gasteiger partial charge on any atom is 0.305 e. The van der Waals surface area contributed by atoms with Crippen molar-refractivity contribution in [3.05, 3.63) is 38.4 Å². The van der Waals surface area contributed by atoms with E-state index in [0.717, 1.165) is 18.9 Å². The van der Waals surface area contributed by atoms with Gasteiger partial charge in [-0.25, -0.2) is 0 Å². The van der Waals surface area contributed by atoms with Gasteiger partial charge in [-0.2, -0.15) is 0 Å². The first-order valence-corrected chi connectivity index (χ1v) is 24.1. The smallest absolute Gasteiger partial charge is 0.305 e. The Bertz CT molecular complexity index is 1250. The zero-order chi connectivity index (χ0) is 46.9. The Hall–Kier alpha value is -3.11. The number of carbonyl (C=O) groups is 1. The molecular formula is C46H83N3O16. The quantitative estimate of drug-likeness (QED) is 0.0284. The molecule has 0 unspecified atom stereocenters. The number of rotatable bonds is 52. The molecular weight excluding hydrogens is 851 g/mol. The minimum absolute atomic E-state index is 0.143. The third kappa shape index (κ3) is 40.9. The summed E-state index contributed by atoms with van der Waals surface area (Å²) in [5.41, 5.74) is -0.532. The number of ether oxygens (including phenoxy) is 11. The van der Waals surface area contributed by atoms with Crippen molar-refractivity contribution in [2.24, 2.45) is 0 Å². The first-order chi connectivity index (χ1) is 32.0. The summed E-state index contributed by atoms with van der Waals surface area (Å²) in [4.78, 5) is 32.6. The summed E-state index contributed by atoms with van der Waals surface area (Å²) in [6.07, 6.45) is 20.1. The lowest BCUT2D eigenvalue weighted by atomic mass is 10.0. The molecule has 0 saturated heterocycles. The second-order valence-corrected chi connectivity index (χ2v) is 15.2. The summed E-state index contributed by atoms with van der Waals surface area (Å²) in [6, 6.07) is 3.43. The summed E-state index contributed by atoms with van der Waals surface area (Å²) in [6.45, 7) is 11.4. The number of hydrogen-bond acceptors (Lipinski definition) is 17. The second kappa shape index (κ2) is 47.4. The van der Waals surface area contributed by atoms with Crippen LogP contribution in [0.3, 0.4) is 0 Å². The minimum atomic E-state index is -0.681. The number of unbranched alkanes of at least 4 members (excludes halogenated alkanes) is 14. The van der Waals surface area contributed by atoms with E-state index in [1.54, 1.807) is 0 Å². The lowest BCUT2D eigenvalue weighted by Crippen LogP contribution is -2.16. The Balaban J connectivity index is 1.68. The van der Waals surface area contributed by atoms with E-state index in [2.05, 4.69) is 12.2 Å².